The van der Waals surface area contributed by atoms with Crippen LogP contribution in [0.15, 0.2) is 24.3 Å². The Hall–Kier alpha value is -1.90. The van der Waals surface area contributed by atoms with Crippen molar-refractivity contribution >= 4 is 23.3 Å². The molecule has 2 aromatic rings. The van der Waals surface area contributed by atoms with E-state index >= 15 is 0 Å². The Bertz CT molecular complexity index is 520. The second-order valence-electron chi connectivity index (χ2n) is 2.94. The van der Waals surface area contributed by atoms with E-state index in [1.54, 1.807) is 0 Å². The van der Waals surface area contributed by atoms with Crippen molar-refractivity contribution in [2.45, 2.75) is 6.92 Å². The number of nitrogens with zero attached hydrogens (tertiary/aromatic N) is 2. The zero-order chi connectivity index (χ0) is 9.97. The van der Waals surface area contributed by atoms with Crippen molar-refractivity contribution in [1.29, 1.82) is 0 Å². The lowest BCUT2D eigenvalue weighted by Gasteiger charge is -1.95. The summed E-state index contributed by atoms with van der Waals surface area (Å²) in [4.78, 5) is 8.83. The van der Waals surface area contributed by atoms with Crippen LogP contribution in [-0.4, -0.2) is 9.97 Å². The molecule has 0 bridgehead atoms. The smallest absolute Gasteiger partial charge is 0.104 e. The van der Waals surface area contributed by atoms with E-state index in [9.17, 15) is 0 Å². The fourth-order valence-electron chi connectivity index (χ4n) is 1.36. The summed E-state index contributed by atoms with van der Waals surface area (Å²) in [6, 6.07) is 7.75. The Morgan fingerprint density at radius 2 is 1.64 bits per heavy atom. The van der Waals surface area contributed by atoms with Gasteiger partial charge in [0, 0.05) is 6.20 Å². The van der Waals surface area contributed by atoms with Crippen LogP contribution in [0.3, 0.4) is 0 Å². The van der Waals surface area contributed by atoms with Gasteiger partial charge in [-0.05, 0) is 19.1 Å². The molecule has 1 aromatic heterocycles. The number of rotatable bonds is 0. The Labute approximate surface area is 81.6 Å². The lowest BCUT2D eigenvalue weighted by atomic mass is 10.3. The lowest BCUT2D eigenvalue weighted by Crippen LogP contribution is -2.32. The summed E-state index contributed by atoms with van der Waals surface area (Å²) < 4.78 is 0. The summed E-state index contributed by atoms with van der Waals surface area (Å²) in [6.45, 7) is 1.92. The van der Waals surface area contributed by atoms with E-state index in [1.807, 2.05) is 37.3 Å². The van der Waals surface area contributed by atoms with Gasteiger partial charge in [0.1, 0.15) is 5.35 Å². The van der Waals surface area contributed by atoms with Gasteiger partial charge >= 0.3 is 0 Å². The molecular formula is C11H11N3. The molecule has 0 aliphatic carbocycles. The van der Waals surface area contributed by atoms with E-state index in [-0.39, 0.29) is 0 Å². The van der Waals surface area contributed by atoms with E-state index in [1.165, 1.54) is 6.20 Å². The minimum atomic E-state index is 0.728. The standard InChI is InChI=1S/C11H11N3/c1-2-8-11(7-12)14-10-6-4-3-5-9(10)13-8/h2-7H,12H2,1H3/b8-2+,11-7+. The summed E-state index contributed by atoms with van der Waals surface area (Å²) in [5.74, 6) is 0. The van der Waals surface area contributed by atoms with Crippen LogP contribution in [0, 0.1) is 0 Å². The third-order valence-electron chi connectivity index (χ3n) is 2.06. The maximum Gasteiger partial charge on any atom is 0.104 e. The summed E-state index contributed by atoms with van der Waals surface area (Å²) in [6.07, 6.45) is 3.38. The first kappa shape index (κ1) is 8.69. The van der Waals surface area contributed by atoms with Crippen LogP contribution in [0.4, 0.5) is 0 Å². The average molecular weight is 185 g/mol. The van der Waals surface area contributed by atoms with Gasteiger partial charge in [0.15, 0.2) is 0 Å². The second-order valence-corrected chi connectivity index (χ2v) is 2.94. The highest BCUT2D eigenvalue weighted by Crippen LogP contribution is 2.02. The molecule has 1 heterocycles. The molecule has 1 aromatic carbocycles. The zero-order valence-electron chi connectivity index (χ0n) is 7.94. The largest absolute Gasteiger partial charge is 0.403 e. The predicted octanol–water partition coefficient (Wildman–Crippen LogP) is 0.127. The summed E-state index contributed by atoms with van der Waals surface area (Å²) in [7, 11) is 0. The molecule has 0 unspecified atom stereocenters. The first-order valence-electron chi connectivity index (χ1n) is 4.46. The number of para-hydroxylation sites is 2. The molecule has 0 saturated carbocycles. The molecule has 0 amide bonds. The first-order chi connectivity index (χ1) is 6.85. The fraction of sp³-hybridized carbons (Fsp3) is 0.0909. The highest BCUT2D eigenvalue weighted by Gasteiger charge is 1.94. The van der Waals surface area contributed by atoms with E-state index in [0.717, 1.165) is 21.7 Å². The highest BCUT2D eigenvalue weighted by atomic mass is 14.8. The number of benzene rings is 1. The van der Waals surface area contributed by atoms with Gasteiger partial charge in [-0.2, -0.15) is 0 Å². The molecule has 0 fully saturated rings. The molecule has 2 rings (SSSR count). The maximum atomic E-state index is 5.47. The summed E-state index contributed by atoms with van der Waals surface area (Å²) in [5, 5.41) is 1.55. The SMILES string of the molecule is C/C=c1/nc2ccccc2n/c1=C/N. The van der Waals surface area contributed by atoms with Crippen LogP contribution < -0.4 is 16.4 Å². The Kier molecular flexibility index (Phi) is 2.14. The maximum absolute atomic E-state index is 5.47. The topological polar surface area (TPSA) is 51.8 Å². The van der Waals surface area contributed by atoms with Crippen molar-refractivity contribution in [3.05, 3.63) is 35.0 Å². The Morgan fingerprint density at radius 1 is 1.07 bits per heavy atom. The Balaban J connectivity index is 2.98. The van der Waals surface area contributed by atoms with Gasteiger partial charge in [-0.3, -0.25) is 0 Å². The molecule has 0 radical (unpaired) electrons. The predicted molar refractivity (Wildman–Crippen MR) is 57.6 cm³/mol. The molecule has 0 saturated heterocycles. The van der Waals surface area contributed by atoms with Crippen molar-refractivity contribution in [2.24, 2.45) is 5.73 Å². The number of fused-ring (bicyclic) bond motifs is 1. The minimum Gasteiger partial charge on any atom is -0.403 e. The first-order valence-corrected chi connectivity index (χ1v) is 4.46. The van der Waals surface area contributed by atoms with Crippen molar-refractivity contribution in [2.75, 3.05) is 0 Å². The van der Waals surface area contributed by atoms with Crippen molar-refractivity contribution in [3.8, 4) is 0 Å². The lowest BCUT2D eigenvalue weighted by molar-refractivity contribution is 1.16. The van der Waals surface area contributed by atoms with Gasteiger partial charge in [0.05, 0.1) is 16.4 Å². The molecular weight excluding hydrogens is 174 g/mol. The van der Waals surface area contributed by atoms with Crippen LogP contribution >= 0.6 is 0 Å². The third-order valence-corrected chi connectivity index (χ3v) is 2.06. The number of nitrogens with two attached hydrogens (primary N) is 1. The van der Waals surface area contributed by atoms with Crippen LogP contribution in [-0.2, 0) is 0 Å². The van der Waals surface area contributed by atoms with Gasteiger partial charge in [-0.1, -0.05) is 18.2 Å². The molecule has 3 heteroatoms. The van der Waals surface area contributed by atoms with Gasteiger partial charge in [0.25, 0.3) is 0 Å². The quantitative estimate of drug-likeness (QED) is 0.634. The van der Waals surface area contributed by atoms with E-state index in [0.29, 0.717) is 0 Å². The van der Waals surface area contributed by atoms with Crippen molar-refractivity contribution in [1.82, 2.24) is 9.97 Å². The van der Waals surface area contributed by atoms with E-state index in [4.69, 9.17) is 5.73 Å². The van der Waals surface area contributed by atoms with Crippen LogP contribution in [0.25, 0.3) is 23.3 Å². The summed E-state index contributed by atoms with van der Waals surface area (Å²) in [5.41, 5.74) is 7.23. The molecule has 2 N–H and O–H groups in total. The van der Waals surface area contributed by atoms with E-state index in [2.05, 4.69) is 9.97 Å². The number of aromatic nitrogens is 2. The van der Waals surface area contributed by atoms with Gasteiger partial charge in [0.2, 0.25) is 0 Å². The van der Waals surface area contributed by atoms with E-state index < -0.39 is 0 Å². The summed E-state index contributed by atoms with van der Waals surface area (Å²) >= 11 is 0. The monoisotopic (exact) mass is 185 g/mol. The number of hydrogen-bond donors (Lipinski definition) is 1. The van der Waals surface area contributed by atoms with Crippen molar-refractivity contribution in [3.63, 3.8) is 0 Å². The van der Waals surface area contributed by atoms with Crippen molar-refractivity contribution < 1.29 is 0 Å². The molecule has 70 valence electrons. The molecule has 14 heavy (non-hydrogen) atoms. The molecule has 0 aliphatic heterocycles. The van der Waals surface area contributed by atoms with Gasteiger partial charge in [-0.15, -0.1) is 0 Å². The van der Waals surface area contributed by atoms with Crippen LogP contribution in [0.1, 0.15) is 6.92 Å². The van der Waals surface area contributed by atoms with Gasteiger partial charge in [-0.25, -0.2) is 9.97 Å². The van der Waals surface area contributed by atoms with Crippen LogP contribution in [0.2, 0.25) is 0 Å². The second kappa shape index (κ2) is 3.46. The molecule has 0 atom stereocenters. The molecule has 0 aliphatic rings. The Morgan fingerprint density at radius 3 is 2.14 bits per heavy atom. The van der Waals surface area contributed by atoms with Crippen LogP contribution in [0.5, 0.6) is 0 Å². The molecule has 3 nitrogen and oxygen atoms in total. The highest BCUT2D eigenvalue weighted by molar-refractivity contribution is 5.73. The fourth-order valence-corrected chi connectivity index (χ4v) is 1.36. The average Bonchev–Trinajstić information content (AvgIpc) is 2.27. The zero-order valence-corrected chi connectivity index (χ0v) is 7.94. The molecule has 0 spiro atoms. The third kappa shape index (κ3) is 1.33. The van der Waals surface area contributed by atoms with Gasteiger partial charge < -0.3 is 5.73 Å². The minimum absolute atomic E-state index is 0.728. The number of hydrogen-bond acceptors (Lipinski definition) is 3. The normalized spacial score (nSPS) is 13.8.